The predicted octanol–water partition coefficient (Wildman–Crippen LogP) is 4.30. The molecule has 0 aliphatic heterocycles. The van der Waals surface area contributed by atoms with Crippen molar-refractivity contribution in [2.24, 2.45) is 0 Å². The van der Waals surface area contributed by atoms with Crippen LogP contribution in [0.15, 0.2) is 30.3 Å². The van der Waals surface area contributed by atoms with Gasteiger partial charge in [-0.15, -0.1) is 0 Å². The van der Waals surface area contributed by atoms with Gasteiger partial charge in [-0.05, 0) is 12.0 Å². The maximum atomic E-state index is 5.75. The van der Waals surface area contributed by atoms with Gasteiger partial charge < -0.3 is 0 Å². The maximum absolute atomic E-state index is 5.75. The minimum atomic E-state index is 1.21. The Balaban J connectivity index is 0. The normalized spacial score (nSPS) is 8.17. The van der Waals surface area contributed by atoms with Gasteiger partial charge in [0.1, 0.15) is 0 Å². The summed E-state index contributed by atoms with van der Waals surface area (Å²) >= 11 is 0. The highest BCUT2D eigenvalue weighted by atomic mass is 13.9. The highest BCUT2D eigenvalue weighted by molar-refractivity contribution is 5.14. The van der Waals surface area contributed by atoms with E-state index in [1.54, 1.807) is 0 Å². The molecule has 0 spiro atoms. The summed E-state index contributed by atoms with van der Waals surface area (Å²) in [5.41, 5.74) is 1.44. The topological polar surface area (TPSA) is 0 Å². The molecule has 0 bridgehead atoms. The molecule has 1 aromatic carbocycles. The van der Waals surface area contributed by atoms with Gasteiger partial charge in [-0.1, -0.05) is 64.9 Å². The minimum Gasteiger partial charge on any atom is -0.0776 e. The summed E-state index contributed by atoms with van der Waals surface area (Å²) in [7, 11) is 1.25. The molecule has 0 radical (unpaired) electrons. The first-order valence-electron chi connectivity index (χ1n) is 5.47. The van der Waals surface area contributed by atoms with E-state index in [0.29, 0.717) is 0 Å². The third-order valence-corrected chi connectivity index (χ3v) is 1.38. The van der Waals surface area contributed by atoms with Crippen LogP contribution in [0, 0.1) is 0 Å². The molecule has 0 aliphatic carbocycles. The molecule has 0 aromatic heterocycles. The smallest absolute Gasteiger partial charge is 0.0194 e. The third kappa shape index (κ3) is 5.96. The van der Waals surface area contributed by atoms with Crippen molar-refractivity contribution in [3.8, 4) is 0 Å². The molecule has 0 saturated heterocycles. The van der Waals surface area contributed by atoms with E-state index >= 15 is 0 Å². The fourth-order valence-corrected chi connectivity index (χ4v) is 0.933. The summed E-state index contributed by atoms with van der Waals surface area (Å²) < 4.78 is 5.75. The van der Waals surface area contributed by atoms with Crippen LogP contribution in [0.4, 0.5) is 0 Å². The molecule has 1 aromatic rings. The Morgan fingerprint density at radius 1 is 1.17 bits per heavy atom. The molecule has 70 valence electrons. The molecule has 1 rings (SSSR count). The second-order valence-electron chi connectivity index (χ2n) is 2.24. The van der Waals surface area contributed by atoms with Crippen LogP contribution in [0.2, 0.25) is 0 Å². The molecule has 0 aliphatic rings. The molecule has 0 nitrogen and oxygen atoms in total. The van der Waals surface area contributed by atoms with Crippen molar-refractivity contribution in [2.45, 2.75) is 41.0 Å². The van der Waals surface area contributed by atoms with E-state index in [2.05, 4.69) is 37.3 Å². The van der Waals surface area contributed by atoms with Gasteiger partial charge in [0.2, 0.25) is 0 Å². The van der Waals surface area contributed by atoms with Crippen molar-refractivity contribution < 1.29 is 1.37 Å². The van der Waals surface area contributed by atoms with Gasteiger partial charge in [0.15, 0.2) is 0 Å². The van der Waals surface area contributed by atoms with Crippen LogP contribution in [0.3, 0.4) is 0 Å². The Kier molecular flexibility index (Phi) is 9.56. The quantitative estimate of drug-likeness (QED) is 0.616. The van der Waals surface area contributed by atoms with Crippen LogP contribution >= 0.6 is 0 Å². The Bertz CT molecular complexity index is 158. The van der Waals surface area contributed by atoms with Gasteiger partial charge in [-0.25, -0.2) is 0 Å². The van der Waals surface area contributed by atoms with Gasteiger partial charge >= 0.3 is 0 Å². The predicted molar refractivity (Wildman–Crippen MR) is 58.5 cm³/mol. The summed E-state index contributed by atoms with van der Waals surface area (Å²) in [5.74, 6) is 0. The standard InChI is InChI=1S/C9H12.C2H6.CH4/c1-2-6-9-7-4-3-5-8-9;1-2;/h3-5,7-8H,2,6H2,1H3;1-2H3;1H4/i;;1D. The fourth-order valence-electron chi connectivity index (χ4n) is 0.933. The van der Waals surface area contributed by atoms with Gasteiger partial charge in [-0.2, -0.15) is 0 Å². The van der Waals surface area contributed by atoms with Crippen LogP contribution in [0.1, 0.15) is 41.5 Å². The summed E-state index contributed by atoms with van der Waals surface area (Å²) in [6, 6.07) is 10.6. The Morgan fingerprint density at radius 2 is 1.67 bits per heavy atom. The number of hydrogen-bond donors (Lipinski definition) is 0. The van der Waals surface area contributed by atoms with Gasteiger partial charge in [0, 0.05) is 1.37 Å². The van der Waals surface area contributed by atoms with Crippen molar-refractivity contribution in [1.29, 1.82) is 0 Å². The number of rotatable bonds is 2. The molecular weight excluding hydrogens is 144 g/mol. The first-order valence-corrected chi connectivity index (χ1v) is 4.47. The van der Waals surface area contributed by atoms with Crippen molar-refractivity contribution in [2.75, 3.05) is 0 Å². The Labute approximate surface area is 79.0 Å². The highest BCUT2D eigenvalue weighted by Gasteiger charge is 1.84. The zero-order chi connectivity index (χ0) is 10.5. The van der Waals surface area contributed by atoms with E-state index in [4.69, 9.17) is 1.37 Å². The monoisotopic (exact) mass is 167 g/mol. The lowest BCUT2D eigenvalue weighted by molar-refractivity contribution is 0.922. The highest BCUT2D eigenvalue weighted by Crippen LogP contribution is 2.00. The second-order valence-corrected chi connectivity index (χ2v) is 2.24. The van der Waals surface area contributed by atoms with Crippen molar-refractivity contribution in [3.05, 3.63) is 35.9 Å². The average Bonchev–Trinajstić information content (AvgIpc) is 2.26. The summed E-state index contributed by atoms with van der Waals surface area (Å²) in [6.07, 6.45) is 2.45. The van der Waals surface area contributed by atoms with Crippen LogP contribution < -0.4 is 0 Å². The second kappa shape index (κ2) is 10.2. The van der Waals surface area contributed by atoms with Crippen molar-refractivity contribution >= 4 is 0 Å². The molecule has 0 heterocycles. The first kappa shape index (κ1) is 11.2. The molecule has 12 heavy (non-hydrogen) atoms. The number of hydrogen-bond acceptors (Lipinski definition) is 0. The van der Waals surface area contributed by atoms with E-state index in [9.17, 15) is 0 Å². The lowest BCUT2D eigenvalue weighted by Gasteiger charge is -1.93. The third-order valence-electron chi connectivity index (χ3n) is 1.38. The SMILES string of the molecule is CC.CCCc1ccccc1.[2H]C. The molecule has 0 N–H and O–H groups in total. The van der Waals surface area contributed by atoms with Crippen molar-refractivity contribution in [3.63, 3.8) is 0 Å². The zero-order valence-corrected chi connectivity index (χ0v) is 8.80. The van der Waals surface area contributed by atoms with E-state index in [0.717, 1.165) is 0 Å². The van der Waals surface area contributed by atoms with E-state index in [1.807, 2.05) is 13.8 Å². The Morgan fingerprint density at radius 3 is 2.08 bits per heavy atom. The molecule has 0 heteroatoms. The summed E-state index contributed by atoms with van der Waals surface area (Å²) in [4.78, 5) is 0. The largest absolute Gasteiger partial charge is 0.0776 e. The first-order chi connectivity index (χ1) is 6.43. The lowest BCUT2D eigenvalue weighted by Crippen LogP contribution is -1.78. The van der Waals surface area contributed by atoms with Crippen LogP contribution in [-0.4, -0.2) is 0 Å². The van der Waals surface area contributed by atoms with Crippen LogP contribution in [0.25, 0.3) is 0 Å². The van der Waals surface area contributed by atoms with Crippen LogP contribution in [0.5, 0.6) is 0 Å². The number of aryl methyl sites for hydroxylation is 1. The van der Waals surface area contributed by atoms with Crippen molar-refractivity contribution in [1.82, 2.24) is 0 Å². The molecule has 0 atom stereocenters. The average molecular weight is 167 g/mol. The summed E-state index contributed by atoms with van der Waals surface area (Å²) in [6.45, 7) is 6.20. The number of benzene rings is 1. The molecular formula is C12H22. The molecule has 0 saturated carbocycles. The van der Waals surface area contributed by atoms with Gasteiger partial charge in [0.25, 0.3) is 0 Å². The van der Waals surface area contributed by atoms with Gasteiger partial charge in [-0.3, -0.25) is 0 Å². The van der Waals surface area contributed by atoms with Crippen LogP contribution in [-0.2, 0) is 6.42 Å². The lowest BCUT2D eigenvalue weighted by atomic mass is 10.1. The maximum Gasteiger partial charge on any atom is 0.0194 e. The summed E-state index contributed by atoms with van der Waals surface area (Å²) in [5, 5.41) is 0. The molecule has 0 amide bonds. The zero-order valence-electron chi connectivity index (χ0n) is 9.80. The fraction of sp³-hybridized carbons (Fsp3) is 0.500. The Hall–Kier alpha value is -0.780. The van der Waals surface area contributed by atoms with E-state index in [-0.39, 0.29) is 0 Å². The molecule has 0 unspecified atom stereocenters. The van der Waals surface area contributed by atoms with E-state index < -0.39 is 0 Å². The van der Waals surface area contributed by atoms with Gasteiger partial charge in [0.05, 0.1) is 0 Å². The molecule has 0 fully saturated rings. The minimum absolute atomic E-state index is 1.21. The van der Waals surface area contributed by atoms with E-state index in [1.165, 1.54) is 25.8 Å².